The fourth-order valence-electron chi connectivity index (χ4n) is 1.37. The lowest BCUT2D eigenvalue weighted by Crippen LogP contribution is -2.13. The van der Waals surface area contributed by atoms with Crippen LogP contribution in [0.4, 0.5) is 5.69 Å². The number of thioether (sulfide) groups is 1. The van der Waals surface area contributed by atoms with Crippen molar-refractivity contribution in [1.82, 2.24) is 0 Å². The molecule has 0 aliphatic heterocycles. The number of benzene rings is 1. The minimum atomic E-state index is -2.93. The molecule has 0 spiro atoms. The van der Waals surface area contributed by atoms with Gasteiger partial charge in [-0.15, -0.1) is 0 Å². The first kappa shape index (κ1) is 16.5. The highest BCUT2D eigenvalue weighted by atomic mass is 32.2. The Morgan fingerprint density at radius 1 is 1.40 bits per heavy atom. The lowest BCUT2D eigenvalue weighted by atomic mass is 10.2. The van der Waals surface area contributed by atoms with Crippen LogP contribution in [0.25, 0.3) is 0 Å². The van der Waals surface area contributed by atoms with Crippen LogP contribution >= 0.6 is 11.8 Å². The van der Waals surface area contributed by atoms with Crippen LogP contribution in [-0.2, 0) is 14.6 Å². The molecule has 0 aliphatic rings. The Kier molecular flexibility index (Phi) is 6.55. The summed E-state index contributed by atoms with van der Waals surface area (Å²) in [7, 11) is -2.93. The van der Waals surface area contributed by atoms with Gasteiger partial charge in [-0.25, -0.2) is 8.42 Å². The monoisotopic (exact) mass is 312 g/mol. The second kappa shape index (κ2) is 7.92. The van der Waals surface area contributed by atoms with E-state index in [1.165, 1.54) is 18.0 Å². The van der Waals surface area contributed by atoms with E-state index in [-0.39, 0.29) is 11.7 Å². The molecule has 1 N–H and O–H groups in total. The van der Waals surface area contributed by atoms with E-state index in [2.05, 4.69) is 5.32 Å². The van der Waals surface area contributed by atoms with E-state index < -0.39 is 9.84 Å². The highest BCUT2D eigenvalue weighted by molar-refractivity contribution is 8.00. The van der Waals surface area contributed by atoms with Crippen molar-refractivity contribution in [1.29, 1.82) is 5.26 Å². The molecule has 20 heavy (non-hydrogen) atoms. The fourth-order valence-corrected chi connectivity index (χ4v) is 3.58. The third-order valence-corrected chi connectivity index (χ3v) is 4.54. The molecule has 1 amide bonds. The molecular formula is C13H16N2O3S2. The average molecular weight is 312 g/mol. The van der Waals surface area contributed by atoms with Gasteiger partial charge in [0, 0.05) is 29.9 Å². The van der Waals surface area contributed by atoms with E-state index in [4.69, 9.17) is 5.26 Å². The maximum atomic E-state index is 11.6. The van der Waals surface area contributed by atoms with Crippen LogP contribution in [0, 0.1) is 11.3 Å². The van der Waals surface area contributed by atoms with Gasteiger partial charge in [0.15, 0.2) is 0 Å². The number of rotatable bonds is 7. The van der Waals surface area contributed by atoms with Crippen molar-refractivity contribution in [2.45, 2.75) is 6.42 Å². The molecule has 5 nitrogen and oxygen atoms in total. The molecule has 1 aromatic carbocycles. The molecule has 0 radical (unpaired) electrons. The van der Waals surface area contributed by atoms with Gasteiger partial charge in [-0.05, 0) is 18.2 Å². The summed E-state index contributed by atoms with van der Waals surface area (Å²) in [4.78, 5) is 11.6. The van der Waals surface area contributed by atoms with Gasteiger partial charge in [0.25, 0.3) is 0 Å². The van der Waals surface area contributed by atoms with Gasteiger partial charge in [0.05, 0.1) is 17.4 Å². The Bertz CT molecular complexity index is 606. The Morgan fingerprint density at radius 2 is 2.15 bits per heavy atom. The van der Waals surface area contributed by atoms with Gasteiger partial charge in [-0.3, -0.25) is 4.79 Å². The van der Waals surface area contributed by atoms with Gasteiger partial charge >= 0.3 is 0 Å². The SMILES string of the molecule is CS(=O)(=O)CCSCCC(=O)Nc1cccc(C#N)c1. The van der Waals surface area contributed by atoms with Crippen molar-refractivity contribution in [2.24, 2.45) is 0 Å². The first-order chi connectivity index (χ1) is 9.40. The number of nitrogens with one attached hydrogen (secondary N) is 1. The molecule has 0 heterocycles. The summed E-state index contributed by atoms with van der Waals surface area (Å²) in [5, 5.41) is 11.4. The molecule has 0 aliphatic carbocycles. The smallest absolute Gasteiger partial charge is 0.225 e. The molecule has 0 bridgehead atoms. The molecule has 0 saturated heterocycles. The normalized spacial score (nSPS) is 10.8. The maximum absolute atomic E-state index is 11.6. The summed E-state index contributed by atoms with van der Waals surface area (Å²) in [6.07, 6.45) is 1.51. The first-order valence-corrected chi connectivity index (χ1v) is 9.18. The van der Waals surface area contributed by atoms with E-state index in [0.29, 0.717) is 29.2 Å². The Balaban J connectivity index is 2.28. The minimum Gasteiger partial charge on any atom is -0.326 e. The van der Waals surface area contributed by atoms with Gasteiger partial charge in [0.2, 0.25) is 5.91 Å². The molecule has 7 heteroatoms. The zero-order valence-corrected chi connectivity index (χ0v) is 12.8. The number of carbonyl (C=O) groups is 1. The quantitative estimate of drug-likeness (QED) is 0.774. The van der Waals surface area contributed by atoms with E-state index in [1.54, 1.807) is 24.3 Å². The van der Waals surface area contributed by atoms with Crippen LogP contribution in [0.2, 0.25) is 0 Å². The van der Waals surface area contributed by atoms with Crippen molar-refractivity contribution in [3.8, 4) is 6.07 Å². The Hall–Kier alpha value is -1.52. The summed E-state index contributed by atoms with van der Waals surface area (Å²) in [6, 6.07) is 8.69. The van der Waals surface area contributed by atoms with Gasteiger partial charge in [0.1, 0.15) is 9.84 Å². The predicted octanol–water partition coefficient (Wildman–Crippen LogP) is 1.66. The molecule has 108 valence electrons. The molecule has 0 aromatic heterocycles. The van der Waals surface area contributed by atoms with Crippen LogP contribution in [-0.4, -0.2) is 37.8 Å². The zero-order chi connectivity index (χ0) is 15.0. The standard InChI is InChI=1S/C13H16N2O3S2/c1-20(17,18)8-7-19-6-5-13(16)15-12-4-2-3-11(9-12)10-14/h2-4,9H,5-8H2,1H3,(H,15,16). The fraction of sp³-hybridized carbons (Fsp3) is 0.385. The number of hydrogen-bond donors (Lipinski definition) is 1. The van der Waals surface area contributed by atoms with Gasteiger partial charge in [-0.1, -0.05) is 6.07 Å². The number of nitriles is 1. The molecule has 0 saturated carbocycles. The van der Waals surface area contributed by atoms with E-state index in [9.17, 15) is 13.2 Å². The average Bonchev–Trinajstić information content (AvgIpc) is 2.37. The van der Waals surface area contributed by atoms with E-state index in [1.807, 2.05) is 6.07 Å². The number of anilines is 1. The minimum absolute atomic E-state index is 0.128. The second-order valence-electron chi connectivity index (χ2n) is 4.23. The summed E-state index contributed by atoms with van der Waals surface area (Å²) in [5.74, 6) is 1.05. The number of carbonyl (C=O) groups excluding carboxylic acids is 1. The van der Waals surface area contributed by atoms with Crippen LogP contribution in [0.1, 0.15) is 12.0 Å². The van der Waals surface area contributed by atoms with Crippen molar-refractivity contribution in [3.63, 3.8) is 0 Å². The topological polar surface area (TPSA) is 87.0 Å². The Labute approximate surface area is 123 Å². The maximum Gasteiger partial charge on any atom is 0.225 e. The van der Waals surface area contributed by atoms with Crippen LogP contribution in [0.15, 0.2) is 24.3 Å². The molecule has 1 aromatic rings. The van der Waals surface area contributed by atoms with Crippen LogP contribution < -0.4 is 5.32 Å². The highest BCUT2D eigenvalue weighted by Crippen LogP contribution is 2.11. The number of nitrogens with zero attached hydrogens (tertiary/aromatic N) is 1. The zero-order valence-electron chi connectivity index (χ0n) is 11.1. The lowest BCUT2D eigenvalue weighted by molar-refractivity contribution is -0.115. The van der Waals surface area contributed by atoms with Crippen LogP contribution in [0.3, 0.4) is 0 Å². The van der Waals surface area contributed by atoms with Gasteiger partial charge < -0.3 is 5.32 Å². The van der Waals surface area contributed by atoms with Crippen LogP contribution in [0.5, 0.6) is 0 Å². The first-order valence-electron chi connectivity index (χ1n) is 5.96. The largest absolute Gasteiger partial charge is 0.326 e. The lowest BCUT2D eigenvalue weighted by Gasteiger charge is -2.05. The van der Waals surface area contributed by atoms with Crippen molar-refractivity contribution >= 4 is 33.2 Å². The summed E-state index contributed by atoms with van der Waals surface area (Å²) < 4.78 is 21.8. The van der Waals surface area contributed by atoms with E-state index >= 15 is 0 Å². The molecular weight excluding hydrogens is 296 g/mol. The van der Waals surface area contributed by atoms with Crippen molar-refractivity contribution < 1.29 is 13.2 Å². The number of amides is 1. The third-order valence-electron chi connectivity index (χ3n) is 2.35. The molecule has 0 unspecified atom stereocenters. The van der Waals surface area contributed by atoms with Crippen molar-refractivity contribution in [2.75, 3.05) is 28.8 Å². The predicted molar refractivity (Wildman–Crippen MR) is 81.4 cm³/mol. The molecule has 0 fully saturated rings. The van der Waals surface area contributed by atoms with Gasteiger partial charge in [-0.2, -0.15) is 17.0 Å². The number of sulfone groups is 1. The number of hydrogen-bond acceptors (Lipinski definition) is 5. The molecule has 1 rings (SSSR count). The van der Waals surface area contributed by atoms with E-state index in [0.717, 1.165) is 0 Å². The third kappa shape index (κ3) is 7.16. The summed E-state index contributed by atoms with van der Waals surface area (Å²) in [5.41, 5.74) is 1.08. The summed E-state index contributed by atoms with van der Waals surface area (Å²) >= 11 is 1.43. The summed E-state index contributed by atoms with van der Waals surface area (Å²) in [6.45, 7) is 0. The van der Waals surface area contributed by atoms with Crippen molar-refractivity contribution in [3.05, 3.63) is 29.8 Å². The molecule has 0 atom stereocenters. The second-order valence-corrected chi connectivity index (χ2v) is 7.72. The highest BCUT2D eigenvalue weighted by Gasteiger charge is 2.05. The Morgan fingerprint density at radius 3 is 2.80 bits per heavy atom.